The van der Waals surface area contributed by atoms with Gasteiger partial charge < -0.3 is 20.1 Å². The average Bonchev–Trinajstić information content (AvgIpc) is 2.77. The van der Waals surface area contributed by atoms with E-state index in [1.807, 2.05) is 6.07 Å². The van der Waals surface area contributed by atoms with Crippen molar-refractivity contribution in [2.45, 2.75) is 13.8 Å². The topological polar surface area (TPSA) is 76.7 Å². The molecule has 3 aromatic carbocycles. The Morgan fingerprint density at radius 3 is 1.94 bits per heavy atom. The van der Waals surface area contributed by atoms with Crippen LogP contribution in [-0.2, 0) is 0 Å². The summed E-state index contributed by atoms with van der Waals surface area (Å²) >= 11 is 6.01. The number of anilines is 2. The summed E-state index contributed by atoms with van der Waals surface area (Å²) in [6.07, 6.45) is 0. The zero-order valence-corrected chi connectivity index (χ0v) is 18.3. The van der Waals surface area contributed by atoms with Gasteiger partial charge in [0.15, 0.2) is 0 Å². The van der Waals surface area contributed by atoms with E-state index in [1.54, 1.807) is 50.2 Å². The third kappa shape index (κ3) is 5.56. The Bertz CT molecular complexity index is 1120. The fourth-order valence-corrected chi connectivity index (χ4v) is 3.21. The van der Waals surface area contributed by atoms with E-state index >= 15 is 0 Å². The lowest BCUT2D eigenvalue weighted by Gasteiger charge is -2.18. The Hall–Kier alpha value is -3.58. The summed E-state index contributed by atoms with van der Waals surface area (Å²) in [5.41, 5.74) is 1.30. The number of nitrogens with one attached hydrogen (secondary N) is 2. The molecule has 6 nitrogen and oxygen atoms in total. The van der Waals surface area contributed by atoms with Crippen LogP contribution in [-0.4, -0.2) is 25.0 Å². The lowest BCUT2D eigenvalue weighted by atomic mass is 10.1. The van der Waals surface area contributed by atoms with Crippen molar-refractivity contribution in [2.24, 2.45) is 0 Å². The molecule has 0 saturated carbocycles. The lowest BCUT2D eigenvalue weighted by molar-refractivity contribution is 0.101. The predicted molar refractivity (Wildman–Crippen MR) is 123 cm³/mol. The van der Waals surface area contributed by atoms with Crippen LogP contribution in [0.1, 0.15) is 34.6 Å². The summed E-state index contributed by atoms with van der Waals surface area (Å²) < 4.78 is 24.7. The van der Waals surface area contributed by atoms with Gasteiger partial charge in [0.2, 0.25) is 0 Å². The van der Waals surface area contributed by atoms with Crippen LogP contribution in [0.15, 0.2) is 60.7 Å². The third-order valence-electron chi connectivity index (χ3n) is 4.39. The molecule has 2 amide bonds. The number of rotatable bonds is 8. The highest BCUT2D eigenvalue weighted by molar-refractivity contribution is 6.34. The summed E-state index contributed by atoms with van der Waals surface area (Å²) in [5, 5.41) is 5.52. The SMILES string of the molecule is CCOc1cc(NC(=O)c2ccc(F)cc2Cl)c(OCC)cc1NC(=O)c1ccccc1. The van der Waals surface area contributed by atoms with Crippen molar-refractivity contribution in [3.05, 3.63) is 82.6 Å². The van der Waals surface area contributed by atoms with E-state index in [4.69, 9.17) is 21.1 Å². The molecule has 0 spiro atoms. The number of ether oxygens (including phenoxy) is 2. The molecule has 166 valence electrons. The van der Waals surface area contributed by atoms with Crippen LogP contribution in [0.2, 0.25) is 5.02 Å². The molecule has 3 rings (SSSR count). The van der Waals surface area contributed by atoms with Gasteiger partial charge in [-0.25, -0.2) is 4.39 Å². The zero-order valence-electron chi connectivity index (χ0n) is 17.6. The second kappa shape index (κ2) is 10.6. The molecule has 0 unspecified atom stereocenters. The van der Waals surface area contributed by atoms with Gasteiger partial charge in [0.05, 0.1) is 35.2 Å². The Morgan fingerprint density at radius 2 is 1.41 bits per heavy atom. The van der Waals surface area contributed by atoms with Gasteiger partial charge in [-0.3, -0.25) is 9.59 Å². The quantitative estimate of drug-likeness (QED) is 0.450. The monoisotopic (exact) mass is 456 g/mol. The molecule has 3 aromatic rings. The number of carbonyl (C=O) groups excluding carboxylic acids is 2. The smallest absolute Gasteiger partial charge is 0.257 e. The highest BCUT2D eigenvalue weighted by Gasteiger charge is 2.18. The van der Waals surface area contributed by atoms with Gasteiger partial charge in [0.1, 0.15) is 17.3 Å². The molecule has 0 atom stereocenters. The molecule has 0 aliphatic carbocycles. The van der Waals surface area contributed by atoms with E-state index in [1.165, 1.54) is 6.07 Å². The number of carbonyl (C=O) groups is 2. The fraction of sp³-hybridized carbons (Fsp3) is 0.167. The summed E-state index contributed by atoms with van der Waals surface area (Å²) in [7, 11) is 0. The van der Waals surface area contributed by atoms with Crippen molar-refractivity contribution >= 4 is 34.8 Å². The molecule has 0 bridgehead atoms. The first kappa shape index (κ1) is 23.1. The molecule has 8 heteroatoms. The van der Waals surface area contributed by atoms with Gasteiger partial charge in [-0.15, -0.1) is 0 Å². The normalized spacial score (nSPS) is 10.4. The van der Waals surface area contributed by atoms with Crippen LogP contribution in [0, 0.1) is 5.82 Å². The van der Waals surface area contributed by atoms with E-state index < -0.39 is 11.7 Å². The first-order valence-electron chi connectivity index (χ1n) is 9.99. The summed E-state index contributed by atoms with van der Waals surface area (Å²) in [4.78, 5) is 25.4. The van der Waals surface area contributed by atoms with Crippen LogP contribution in [0.3, 0.4) is 0 Å². The van der Waals surface area contributed by atoms with Crippen LogP contribution in [0.5, 0.6) is 11.5 Å². The van der Waals surface area contributed by atoms with Crippen LogP contribution in [0.25, 0.3) is 0 Å². The molecule has 0 fully saturated rings. The van der Waals surface area contributed by atoms with E-state index in [0.717, 1.165) is 12.1 Å². The van der Waals surface area contributed by atoms with E-state index in [0.29, 0.717) is 41.7 Å². The molecule has 2 N–H and O–H groups in total. The minimum atomic E-state index is -0.543. The van der Waals surface area contributed by atoms with Crippen LogP contribution >= 0.6 is 11.6 Å². The molecule has 0 saturated heterocycles. The Kier molecular flexibility index (Phi) is 7.68. The molecule has 0 aliphatic rings. The number of amides is 2. The van der Waals surface area contributed by atoms with Gasteiger partial charge in [0.25, 0.3) is 11.8 Å². The molecular weight excluding hydrogens is 435 g/mol. The summed E-state index contributed by atoms with van der Waals surface area (Å²) in [6.45, 7) is 4.25. The Labute approximate surface area is 190 Å². The maximum atomic E-state index is 13.3. The molecular formula is C24H22ClFN2O4. The first-order valence-corrected chi connectivity index (χ1v) is 10.4. The minimum absolute atomic E-state index is 0.0164. The van der Waals surface area contributed by atoms with Gasteiger partial charge in [0, 0.05) is 17.7 Å². The fourth-order valence-electron chi connectivity index (χ4n) is 2.95. The number of hydrogen-bond acceptors (Lipinski definition) is 4. The van der Waals surface area contributed by atoms with Crippen LogP contribution < -0.4 is 20.1 Å². The molecule has 0 radical (unpaired) electrons. The minimum Gasteiger partial charge on any atom is -0.492 e. The summed E-state index contributed by atoms with van der Waals surface area (Å²) in [5.74, 6) is -0.728. The van der Waals surface area contributed by atoms with Crippen molar-refractivity contribution < 1.29 is 23.5 Å². The van der Waals surface area contributed by atoms with Crippen molar-refractivity contribution in [2.75, 3.05) is 23.8 Å². The average molecular weight is 457 g/mol. The highest BCUT2D eigenvalue weighted by Crippen LogP contribution is 2.37. The van der Waals surface area contributed by atoms with Gasteiger partial charge in [-0.1, -0.05) is 29.8 Å². The Balaban J connectivity index is 1.94. The molecule has 32 heavy (non-hydrogen) atoms. The number of benzene rings is 3. The van der Waals surface area contributed by atoms with Gasteiger partial charge in [-0.05, 0) is 44.2 Å². The molecule has 0 heterocycles. The molecule has 0 aliphatic heterocycles. The molecule has 0 aromatic heterocycles. The third-order valence-corrected chi connectivity index (χ3v) is 4.70. The van der Waals surface area contributed by atoms with Gasteiger partial charge >= 0.3 is 0 Å². The van der Waals surface area contributed by atoms with Crippen molar-refractivity contribution in [1.82, 2.24) is 0 Å². The summed E-state index contributed by atoms with van der Waals surface area (Å²) in [6, 6.07) is 15.4. The standard InChI is InChI=1S/C24H22ClFN2O4/c1-3-31-21-14-20(28-24(30)17-11-10-16(26)12-18(17)25)22(32-4-2)13-19(21)27-23(29)15-8-6-5-7-9-15/h5-14H,3-4H2,1-2H3,(H,27,29)(H,28,30). The second-order valence-electron chi connectivity index (χ2n) is 6.61. The van der Waals surface area contributed by atoms with Crippen molar-refractivity contribution in [1.29, 1.82) is 0 Å². The van der Waals surface area contributed by atoms with E-state index in [9.17, 15) is 14.0 Å². The largest absolute Gasteiger partial charge is 0.492 e. The first-order chi connectivity index (χ1) is 15.4. The van der Waals surface area contributed by atoms with E-state index in [2.05, 4.69) is 10.6 Å². The second-order valence-corrected chi connectivity index (χ2v) is 7.02. The number of halogens is 2. The lowest BCUT2D eigenvalue weighted by Crippen LogP contribution is -2.16. The highest BCUT2D eigenvalue weighted by atomic mass is 35.5. The maximum Gasteiger partial charge on any atom is 0.257 e. The zero-order chi connectivity index (χ0) is 23.1. The number of hydrogen-bond donors (Lipinski definition) is 2. The Morgan fingerprint density at radius 1 is 0.844 bits per heavy atom. The van der Waals surface area contributed by atoms with Gasteiger partial charge in [-0.2, -0.15) is 0 Å². The van der Waals surface area contributed by atoms with Crippen molar-refractivity contribution in [3.8, 4) is 11.5 Å². The van der Waals surface area contributed by atoms with Crippen LogP contribution in [0.4, 0.5) is 15.8 Å². The predicted octanol–water partition coefficient (Wildman–Crippen LogP) is 5.78. The van der Waals surface area contributed by atoms with E-state index in [-0.39, 0.29) is 16.5 Å². The maximum absolute atomic E-state index is 13.3. The van der Waals surface area contributed by atoms with Crippen molar-refractivity contribution in [3.63, 3.8) is 0 Å².